The molecule has 0 amide bonds. The van der Waals surface area contributed by atoms with E-state index in [0.717, 1.165) is 0 Å². The van der Waals surface area contributed by atoms with Crippen LogP contribution in [0.5, 0.6) is 0 Å². The highest BCUT2D eigenvalue weighted by Gasteiger charge is 2.39. The van der Waals surface area contributed by atoms with Crippen LogP contribution in [0.1, 0.15) is 270 Å². The molecule has 0 aliphatic carbocycles. The van der Waals surface area contributed by atoms with E-state index in [0.29, 0.717) is 0 Å². The molecule has 2 aromatic rings. The fourth-order valence-electron chi connectivity index (χ4n) is 12.9. The second-order valence-corrected chi connectivity index (χ2v) is 30.8. The molecule has 0 saturated carbocycles. The molecule has 0 atom stereocenters. The Morgan fingerprint density at radius 2 is 0.333 bits per heavy atom. The van der Waals surface area contributed by atoms with Crippen LogP contribution in [-0.4, -0.2) is 16.1 Å². The third-order valence-electron chi connectivity index (χ3n) is 16.7. The van der Waals surface area contributed by atoms with E-state index in [4.69, 9.17) is 0 Å². The van der Waals surface area contributed by atoms with Gasteiger partial charge in [-0.1, -0.05) is 353 Å². The van der Waals surface area contributed by atoms with Crippen LogP contribution in [0.15, 0.2) is 36.4 Å². The van der Waals surface area contributed by atoms with Crippen molar-refractivity contribution in [1.82, 2.24) is 0 Å². The van der Waals surface area contributed by atoms with Gasteiger partial charge in [-0.15, -0.1) is 0 Å². The summed E-state index contributed by atoms with van der Waals surface area (Å²) in [5, 5.41) is 7.42. The lowest BCUT2D eigenvalue weighted by Crippen LogP contribution is -2.51. The fraction of sp³-hybridized carbons (Fsp3) is 0.828. The van der Waals surface area contributed by atoms with Crippen LogP contribution in [-0.2, 0) is 0 Å². The van der Waals surface area contributed by atoms with E-state index in [1.165, 1.54) is 270 Å². The molecule has 3 heterocycles. The van der Waals surface area contributed by atoms with Crippen LogP contribution in [0.4, 0.5) is 0 Å². The van der Waals surface area contributed by atoms with Crippen LogP contribution in [0, 0.1) is 0 Å². The highest BCUT2D eigenvalue weighted by atomic mass is 28.3. The van der Waals surface area contributed by atoms with Gasteiger partial charge in [-0.25, -0.2) is 0 Å². The SMILES string of the molecule is c1ccc2c3ccc(c2c1)[Si]12CCCCCCCCCCCCCCCC[Si]3(CCCCCCCCCCCCCCCC1)CCCCCCCCCCCCCCCC2. The van der Waals surface area contributed by atoms with Crippen LogP contribution < -0.4 is 10.4 Å². The number of hydrogen-bond acceptors (Lipinski definition) is 0. The zero-order valence-corrected chi connectivity index (χ0v) is 42.4. The quantitative estimate of drug-likeness (QED) is 0.232. The maximum Gasteiger partial charge on any atom is 0.0875 e. The number of rotatable bonds is 0. The summed E-state index contributed by atoms with van der Waals surface area (Å²) in [4.78, 5) is 0. The summed E-state index contributed by atoms with van der Waals surface area (Å²) in [6, 6.07) is 25.5. The van der Waals surface area contributed by atoms with Crippen molar-refractivity contribution in [3.05, 3.63) is 36.4 Å². The van der Waals surface area contributed by atoms with Gasteiger partial charge in [0.25, 0.3) is 0 Å². The standard InChI is InChI=1S/C58H102Si2/c1-2-8-14-20-26-32-40-50-60-53-43-35-29-23-17-11-5-3-9-15-21-27-33-41-51-59(49-39-31-25-19-13-7-1,57-47-48-58(60)56-46-38-37-45-55(56)57)52-42-34-28-22-16-10-4-6-12-18-24-30-36-44-54-60/h37-38,45-48H,1-36,39-44,49-54H2. The molecule has 0 radical (unpaired) electrons. The normalized spacial score (nSPS) is 27.6. The molecule has 0 saturated heterocycles. The lowest BCUT2D eigenvalue weighted by atomic mass is 10.0. The minimum Gasteiger partial charge on any atom is -0.0625 e. The Morgan fingerprint density at radius 3 is 0.500 bits per heavy atom. The molecule has 2 aromatic carbocycles. The predicted octanol–water partition coefficient (Wildman–Crippen LogP) is 19.6. The van der Waals surface area contributed by atoms with Gasteiger partial charge in [0.2, 0.25) is 0 Å². The second-order valence-electron chi connectivity index (χ2n) is 21.6. The molecule has 5 rings (SSSR count). The van der Waals surface area contributed by atoms with Crippen LogP contribution in [0.25, 0.3) is 10.8 Å². The van der Waals surface area contributed by atoms with Gasteiger partial charge in [-0.05, 0) is 10.8 Å². The second kappa shape index (κ2) is 31.9. The zero-order valence-electron chi connectivity index (χ0n) is 40.4. The Kier molecular flexibility index (Phi) is 26.7. The Balaban J connectivity index is 1.56. The van der Waals surface area contributed by atoms with Gasteiger partial charge in [-0.3, -0.25) is 0 Å². The lowest BCUT2D eigenvalue weighted by molar-refractivity contribution is 0.533. The minimum absolute atomic E-state index is 1.48. The Labute approximate surface area is 377 Å². The lowest BCUT2D eigenvalue weighted by Gasteiger charge is -2.38. The van der Waals surface area contributed by atoms with Crippen LogP contribution in [0.3, 0.4) is 0 Å². The highest BCUT2D eigenvalue weighted by molar-refractivity contribution is 6.95. The van der Waals surface area contributed by atoms with Gasteiger partial charge in [0.05, 0.1) is 16.1 Å². The minimum atomic E-state index is -1.73. The van der Waals surface area contributed by atoms with Gasteiger partial charge in [-0.2, -0.15) is 0 Å². The van der Waals surface area contributed by atoms with Crippen molar-refractivity contribution < 1.29 is 0 Å². The van der Waals surface area contributed by atoms with Gasteiger partial charge in [0.1, 0.15) is 0 Å². The summed E-state index contributed by atoms with van der Waals surface area (Å²) in [5.74, 6) is 0. The maximum atomic E-state index is 2.91. The summed E-state index contributed by atoms with van der Waals surface area (Å²) in [7, 11) is -3.46. The van der Waals surface area contributed by atoms with Gasteiger partial charge >= 0.3 is 0 Å². The van der Waals surface area contributed by atoms with Crippen LogP contribution in [0.2, 0.25) is 36.3 Å². The molecule has 4 bridgehead atoms. The van der Waals surface area contributed by atoms with E-state index >= 15 is 0 Å². The third-order valence-corrected chi connectivity index (χ3v) is 27.8. The van der Waals surface area contributed by atoms with E-state index < -0.39 is 16.1 Å². The summed E-state index contributed by atoms with van der Waals surface area (Å²) in [6.07, 6.45) is 62.6. The average molecular weight is 856 g/mol. The molecule has 0 spiro atoms. The van der Waals surface area contributed by atoms with Crippen molar-refractivity contribution in [2.45, 2.75) is 306 Å². The van der Waals surface area contributed by atoms with E-state index in [2.05, 4.69) is 36.4 Å². The summed E-state index contributed by atoms with van der Waals surface area (Å²) in [6.45, 7) is 0. The highest BCUT2D eigenvalue weighted by Crippen LogP contribution is 2.36. The monoisotopic (exact) mass is 855 g/mol. The van der Waals surface area contributed by atoms with Crippen molar-refractivity contribution in [3.63, 3.8) is 0 Å². The first-order valence-electron chi connectivity index (χ1n) is 28.4. The molecule has 60 heavy (non-hydrogen) atoms. The van der Waals surface area contributed by atoms with Gasteiger partial charge in [0, 0.05) is 0 Å². The van der Waals surface area contributed by atoms with Crippen molar-refractivity contribution in [1.29, 1.82) is 0 Å². The van der Waals surface area contributed by atoms with E-state index in [-0.39, 0.29) is 0 Å². The van der Waals surface area contributed by atoms with Gasteiger partial charge < -0.3 is 0 Å². The molecule has 0 nitrogen and oxygen atoms in total. The van der Waals surface area contributed by atoms with E-state index in [9.17, 15) is 0 Å². The first kappa shape index (κ1) is 50.1. The van der Waals surface area contributed by atoms with E-state index in [1.54, 1.807) is 47.0 Å². The average Bonchev–Trinajstić information content (AvgIpc) is 3.26. The molecule has 2 heteroatoms. The van der Waals surface area contributed by atoms with Crippen molar-refractivity contribution >= 4 is 37.3 Å². The van der Waals surface area contributed by atoms with Crippen molar-refractivity contribution in [2.24, 2.45) is 0 Å². The molecule has 0 fully saturated rings. The number of hydrogen-bond donors (Lipinski definition) is 0. The Bertz CT molecular complexity index is 1140. The summed E-state index contributed by atoms with van der Waals surface area (Å²) in [5.41, 5.74) is 0. The Morgan fingerprint density at radius 1 is 0.183 bits per heavy atom. The van der Waals surface area contributed by atoms with Crippen LogP contribution >= 0.6 is 0 Å². The number of fused-ring (bicyclic) bond motifs is 1. The van der Waals surface area contributed by atoms with Gasteiger partial charge in [0.15, 0.2) is 0 Å². The smallest absolute Gasteiger partial charge is 0.0625 e. The molecule has 0 aromatic heterocycles. The Hall–Kier alpha value is -0.866. The van der Waals surface area contributed by atoms with Crippen molar-refractivity contribution in [2.75, 3.05) is 0 Å². The van der Waals surface area contributed by atoms with E-state index in [1.807, 2.05) is 10.4 Å². The molecule has 342 valence electrons. The molecule has 3 aliphatic heterocycles. The molecule has 0 N–H and O–H groups in total. The summed E-state index contributed by atoms with van der Waals surface area (Å²) < 4.78 is 0. The molecular formula is C58H102Si2. The van der Waals surface area contributed by atoms with Crippen molar-refractivity contribution in [3.8, 4) is 0 Å². The molecule has 3 aliphatic rings. The first-order valence-corrected chi connectivity index (χ1v) is 33.6. The largest absolute Gasteiger partial charge is 0.0875 e. The fourth-order valence-corrected chi connectivity index (χ4v) is 24.1. The topological polar surface area (TPSA) is 0 Å². The maximum absolute atomic E-state index is 2.91. The third kappa shape index (κ3) is 18.7. The zero-order chi connectivity index (χ0) is 41.5. The predicted molar refractivity (Wildman–Crippen MR) is 277 cm³/mol. The molecular weight excluding hydrogens is 753 g/mol. The molecule has 0 unspecified atom stereocenters. The summed E-state index contributed by atoms with van der Waals surface area (Å²) >= 11 is 0. The first-order chi connectivity index (χ1) is 29.8. The number of benzene rings is 2.